The van der Waals surface area contributed by atoms with Gasteiger partial charge < -0.3 is 14.8 Å². The zero-order valence-electron chi connectivity index (χ0n) is 15.6. The summed E-state index contributed by atoms with van der Waals surface area (Å²) in [5.74, 6) is 1.41. The number of nitrogen functional groups attached to an aromatic ring is 1. The van der Waals surface area contributed by atoms with Gasteiger partial charge in [0, 0.05) is 36.9 Å². The lowest BCUT2D eigenvalue weighted by Gasteiger charge is -2.21. The Hall–Kier alpha value is -3.26. The third-order valence-electron chi connectivity index (χ3n) is 5.43. The molecule has 0 aliphatic carbocycles. The fourth-order valence-electron chi connectivity index (χ4n) is 4.06. The number of para-hydroxylation sites is 1. The topological polar surface area (TPSA) is 98.9 Å². The van der Waals surface area contributed by atoms with Gasteiger partial charge in [0.25, 0.3) is 0 Å². The molecule has 0 unspecified atom stereocenters. The Morgan fingerprint density at radius 3 is 3.07 bits per heavy atom. The van der Waals surface area contributed by atoms with Crippen molar-refractivity contribution in [3.63, 3.8) is 0 Å². The molecule has 0 radical (unpaired) electrons. The second-order valence-corrected chi connectivity index (χ2v) is 7.19. The second-order valence-electron chi connectivity index (χ2n) is 7.19. The molecule has 0 spiro atoms. The number of hydrogen-bond donors (Lipinski definition) is 1. The highest BCUT2D eigenvalue weighted by Gasteiger charge is 2.31. The van der Waals surface area contributed by atoms with Crippen LogP contribution in [0.4, 0.5) is 5.82 Å². The van der Waals surface area contributed by atoms with Crippen molar-refractivity contribution in [3.05, 3.63) is 54.4 Å². The molecule has 0 amide bonds. The van der Waals surface area contributed by atoms with E-state index in [4.69, 9.17) is 10.3 Å². The Bertz CT molecular complexity index is 1130. The normalized spacial score (nSPS) is 17.5. The van der Waals surface area contributed by atoms with E-state index >= 15 is 0 Å². The third kappa shape index (κ3) is 2.82. The molecule has 0 bridgehead atoms. The van der Waals surface area contributed by atoms with Crippen molar-refractivity contribution in [2.45, 2.75) is 25.4 Å². The molecule has 142 valence electrons. The standard InChI is InChI=1S/C20H21N7O/c1-26-10-13(14-5-2-3-6-16(14)26)11-27-8-4-7-17(27)20-24-19(25-28-20)15-9-22-12-23-18(15)21/h2-3,5-6,9-10,12,17H,4,7-8,11H2,1H3,(H2,21,22,23)/t17-/m0/s1. The van der Waals surface area contributed by atoms with Crippen LogP contribution in [0.5, 0.6) is 0 Å². The van der Waals surface area contributed by atoms with Gasteiger partial charge in [0.15, 0.2) is 0 Å². The molecule has 4 aromatic rings. The Morgan fingerprint density at radius 2 is 2.18 bits per heavy atom. The van der Waals surface area contributed by atoms with Crippen molar-refractivity contribution in [1.29, 1.82) is 0 Å². The van der Waals surface area contributed by atoms with Crippen molar-refractivity contribution >= 4 is 16.7 Å². The first kappa shape index (κ1) is 16.9. The summed E-state index contributed by atoms with van der Waals surface area (Å²) in [6.45, 7) is 1.85. The maximum atomic E-state index is 5.91. The molecule has 5 rings (SSSR count). The molecule has 1 aliphatic rings. The number of rotatable bonds is 4. The maximum Gasteiger partial charge on any atom is 0.244 e. The molecule has 3 aromatic heterocycles. The predicted octanol–water partition coefficient (Wildman–Crippen LogP) is 2.94. The average Bonchev–Trinajstić information content (AvgIpc) is 3.43. The number of likely N-dealkylation sites (tertiary alicyclic amines) is 1. The van der Waals surface area contributed by atoms with Gasteiger partial charge in [0.05, 0.1) is 11.6 Å². The van der Waals surface area contributed by atoms with Crippen LogP contribution in [0.2, 0.25) is 0 Å². The fraction of sp³-hybridized carbons (Fsp3) is 0.300. The summed E-state index contributed by atoms with van der Waals surface area (Å²) in [6, 6.07) is 8.59. The van der Waals surface area contributed by atoms with Crippen molar-refractivity contribution in [3.8, 4) is 11.4 Å². The third-order valence-corrected chi connectivity index (χ3v) is 5.43. The molecule has 4 heterocycles. The summed E-state index contributed by atoms with van der Waals surface area (Å²) in [4.78, 5) is 15.0. The lowest BCUT2D eigenvalue weighted by molar-refractivity contribution is 0.201. The van der Waals surface area contributed by atoms with Gasteiger partial charge in [0.2, 0.25) is 11.7 Å². The van der Waals surface area contributed by atoms with E-state index in [0.717, 1.165) is 25.9 Å². The van der Waals surface area contributed by atoms with E-state index in [9.17, 15) is 0 Å². The Kier molecular flexibility index (Phi) is 4.05. The molecule has 1 aromatic carbocycles. The SMILES string of the molecule is Cn1cc(CN2CCC[C@H]2c2nc(-c3cncnc3N)no2)c2ccccc21. The van der Waals surface area contributed by atoms with E-state index in [1.807, 2.05) is 0 Å². The van der Waals surface area contributed by atoms with E-state index in [-0.39, 0.29) is 6.04 Å². The van der Waals surface area contributed by atoms with Gasteiger partial charge in [-0.15, -0.1) is 0 Å². The van der Waals surface area contributed by atoms with Crippen molar-refractivity contribution in [1.82, 2.24) is 29.6 Å². The summed E-state index contributed by atoms with van der Waals surface area (Å²) in [7, 11) is 2.09. The molecule has 8 heteroatoms. The van der Waals surface area contributed by atoms with Crippen LogP contribution in [0.3, 0.4) is 0 Å². The minimum atomic E-state index is 0.103. The minimum absolute atomic E-state index is 0.103. The minimum Gasteiger partial charge on any atom is -0.383 e. The number of fused-ring (bicyclic) bond motifs is 1. The van der Waals surface area contributed by atoms with Crippen LogP contribution < -0.4 is 5.73 Å². The Balaban J connectivity index is 1.42. The monoisotopic (exact) mass is 375 g/mol. The van der Waals surface area contributed by atoms with Gasteiger partial charge in [-0.25, -0.2) is 9.97 Å². The summed E-state index contributed by atoms with van der Waals surface area (Å²) in [6.07, 6.45) is 7.32. The Morgan fingerprint density at radius 1 is 1.29 bits per heavy atom. The van der Waals surface area contributed by atoms with E-state index in [0.29, 0.717) is 23.1 Å². The molecule has 0 saturated carbocycles. The lowest BCUT2D eigenvalue weighted by Crippen LogP contribution is -2.23. The van der Waals surface area contributed by atoms with E-state index in [2.05, 4.69) is 67.1 Å². The van der Waals surface area contributed by atoms with Crippen molar-refractivity contribution in [2.75, 3.05) is 12.3 Å². The number of nitrogens with two attached hydrogens (primary N) is 1. The van der Waals surface area contributed by atoms with Crippen LogP contribution in [0.1, 0.15) is 30.3 Å². The largest absolute Gasteiger partial charge is 0.383 e. The summed E-state index contributed by atoms with van der Waals surface area (Å²) in [5.41, 5.74) is 9.06. The van der Waals surface area contributed by atoms with Crippen molar-refractivity contribution < 1.29 is 4.52 Å². The smallest absolute Gasteiger partial charge is 0.244 e. The van der Waals surface area contributed by atoms with Gasteiger partial charge in [-0.05, 0) is 31.0 Å². The quantitative estimate of drug-likeness (QED) is 0.585. The summed E-state index contributed by atoms with van der Waals surface area (Å²) < 4.78 is 7.78. The van der Waals surface area contributed by atoms with Crippen LogP contribution in [-0.2, 0) is 13.6 Å². The van der Waals surface area contributed by atoms with Gasteiger partial charge in [0.1, 0.15) is 12.1 Å². The number of aryl methyl sites for hydroxylation is 1. The zero-order valence-corrected chi connectivity index (χ0v) is 15.6. The molecule has 1 saturated heterocycles. The number of anilines is 1. The van der Waals surface area contributed by atoms with Crippen LogP contribution >= 0.6 is 0 Å². The number of hydrogen-bond acceptors (Lipinski definition) is 7. The molecule has 1 atom stereocenters. The molecular formula is C20H21N7O. The first-order valence-electron chi connectivity index (χ1n) is 9.37. The molecule has 28 heavy (non-hydrogen) atoms. The van der Waals surface area contributed by atoms with E-state index in [1.54, 1.807) is 6.20 Å². The summed E-state index contributed by atoms with van der Waals surface area (Å²) >= 11 is 0. The van der Waals surface area contributed by atoms with Gasteiger partial charge in [-0.2, -0.15) is 4.98 Å². The van der Waals surface area contributed by atoms with Crippen LogP contribution in [0, 0.1) is 0 Å². The highest BCUT2D eigenvalue weighted by molar-refractivity contribution is 5.83. The van der Waals surface area contributed by atoms with Crippen LogP contribution in [0.25, 0.3) is 22.3 Å². The number of benzene rings is 1. The van der Waals surface area contributed by atoms with Gasteiger partial charge in [-0.1, -0.05) is 23.4 Å². The molecule has 1 fully saturated rings. The summed E-state index contributed by atoms with van der Waals surface area (Å²) in [5, 5.41) is 5.40. The van der Waals surface area contributed by atoms with Crippen LogP contribution in [0.15, 0.2) is 47.5 Å². The van der Waals surface area contributed by atoms with Gasteiger partial charge >= 0.3 is 0 Å². The second kappa shape index (κ2) is 6.72. The van der Waals surface area contributed by atoms with E-state index < -0.39 is 0 Å². The molecular weight excluding hydrogens is 354 g/mol. The highest BCUT2D eigenvalue weighted by Crippen LogP contribution is 2.34. The molecule has 2 N–H and O–H groups in total. The first-order valence-corrected chi connectivity index (χ1v) is 9.37. The van der Waals surface area contributed by atoms with E-state index in [1.165, 1.54) is 22.8 Å². The van der Waals surface area contributed by atoms with Crippen LogP contribution in [-0.4, -0.2) is 36.1 Å². The van der Waals surface area contributed by atoms with Crippen molar-refractivity contribution in [2.24, 2.45) is 7.05 Å². The zero-order chi connectivity index (χ0) is 19.1. The fourth-order valence-corrected chi connectivity index (χ4v) is 4.06. The van der Waals surface area contributed by atoms with Gasteiger partial charge in [-0.3, -0.25) is 4.90 Å². The predicted molar refractivity (Wildman–Crippen MR) is 105 cm³/mol. The number of nitrogens with zero attached hydrogens (tertiary/aromatic N) is 6. The highest BCUT2D eigenvalue weighted by atomic mass is 16.5. The number of aromatic nitrogens is 5. The molecule has 8 nitrogen and oxygen atoms in total. The molecule has 1 aliphatic heterocycles. The lowest BCUT2D eigenvalue weighted by atomic mass is 10.1. The first-order chi connectivity index (χ1) is 13.7. The maximum absolute atomic E-state index is 5.91. The average molecular weight is 375 g/mol. The Labute approximate surface area is 162 Å².